The third kappa shape index (κ3) is 3.68. The molecule has 1 heterocycles. The standard InChI is InChI=1S/C21H23NO3/c1-4-11-24-19-8-6-5-7-18(19)22-20(23)12-16-13-25-21-15(3)14(2)9-10-17(16)21/h5-10,13H,4,11-12H2,1-3H3,(H,22,23). The van der Waals surface area contributed by atoms with Gasteiger partial charge in [0.2, 0.25) is 5.91 Å². The van der Waals surface area contributed by atoms with E-state index in [0.717, 1.165) is 28.5 Å². The summed E-state index contributed by atoms with van der Waals surface area (Å²) in [5.41, 5.74) is 4.74. The Morgan fingerprint density at radius 2 is 1.96 bits per heavy atom. The Morgan fingerprint density at radius 3 is 2.76 bits per heavy atom. The average Bonchev–Trinajstić information content (AvgIpc) is 3.01. The van der Waals surface area contributed by atoms with E-state index in [1.807, 2.05) is 37.3 Å². The van der Waals surface area contributed by atoms with Crippen molar-refractivity contribution in [2.75, 3.05) is 11.9 Å². The fourth-order valence-electron chi connectivity index (χ4n) is 2.80. The molecule has 3 rings (SSSR count). The lowest BCUT2D eigenvalue weighted by molar-refractivity contribution is -0.115. The molecule has 130 valence electrons. The number of amides is 1. The number of aryl methyl sites for hydroxylation is 2. The van der Waals surface area contributed by atoms with Crippen LogP contribution in [-0.4, -0.2) is 12.5 Å². The molecule has 2 aromatic carbocycles. The maximum atomic E-state index is 12.5. The van der Waals surface area contributed by atoms with Gasteiger partial charge < -0.3 is 14.5 Å². The number of benzene rings is 2. The van der Waals surface area contributed by atoms with Gasteiger partial charge in [-0.25, -0.2) is 0 Å². The summed E-state index contributed by atoms with van der Waals surface area (Å²) in [5, 5.41) is 3.94. The highest BCUT2D eigenvalue weighted by atomic mass is 16.5. The molecule has 4 nitrogen and oxygen atoms in total. The number of para-hydroxylation sites is 2. The van der Waals surface area contributed by atoms with E-state index in [2.05, 4.69) is 25.2 Å². The molecule has 0 aliphatic rings. The van der Waals surface area contributed by atoms with Gasteiger partial charge in [-0.05, 0) is 43.5 Å². The Labute approximate surface area is 147 Å². The Morgan fingerprint density at radius 1 is 1.16 bits per heavy atom. The van der Waals surface area contributed by atoms with E-state index >= 15 is 0 Å². The predicted molar refractivity (Wildman–Crippen MR) is 100 cm³/mol. The van der Waals surface area contributed by atoms with Gasteiger partial charge >= 0.3 is 0 Å². The molecule has 0 radical (unpaired) electrons. The van der Waals surface area contributed by atoms with Crippen LogP contribution in [0.4, 0.5) is 5.69 Å². The van der Waals surface area contributed by atoms with Gasteiger partial charge in [-0.3, -0.25) is 4.79 Å². The Bertz CT molecular complexity index is 895. The summed E-state index contributed by atoms with van der Waals surface area (Å²) in [6.45, 7) is 6.76. The van der Waals surface area contributed by atoms with Crippen LogP contribution in [0, 0.1) is 13.8 Å². The van der Waals surface area contributed by atoms with E-state index in [9.17, 15) is 4.79 Å². The van der Waals surface area contributed by atoms with Gasteiger partial charge in [0.1, 0.15) is 11.3 Å². The molecule has 4 heteroatoms. The zero-order valence-corrected chi connectivity index (χ0v) is 14.9. The van der Waals surface area contributed by atoms with Gasteiger partial charge in [0.15, 0.2) is 0 Å². The minimum Gasteiger partial charge on any atom is -0.491 e. The smallest absolute Gasteiger partial charge is 0.229 e. The van der Waals surface area contributed by atoms with Crippen molar-refractivity contribution >= 4 is 22.6 Å². The van der Waals surface area contributed by atoms with Gasteiger partial charge in [0.25, 0.3) is 0 Å². The average molecular weight is 337 g/mol. The van der Waals surface area contributed by atoms with Crippen molar-refractivity contribution in [3.63, 3.8) is 0 Å². The van der Waals surface area contributed by atoms with Crippen LogP contribution < -0.4 is 10.1 Å². The van der Waals surface area contributed by atoms with Crippen molar-refractivity contribution in [2.45, 2.75) is 33.6 Å². The van der Waals surface area contributed by atoms with Crippen molar-refractivity contribution in [3.05, 3.63) is 59.4 Å². The SMILES string of the molecule is CCCOc1ccccc1NC(=O)Cc1coc2c(C)c(C)ccc12. The summed E-state index contributed by atoms with van der Waals surface area (Å²) in [4.78, 5) is 12.5. The van der Waals surface area contributed by atoms with Crippen molar-refractivity contribution in [1.29, 1.82) is 0 Å². The molecule has 0 aliphatic carbocycles. The molecule has 1 aromatic heterocycles. The first kappa shape index (κ1) is 17.1. The Hall–Kier alpha value is -2.75. The lowest BCUT2D eigenvalue weighted by atomic mass is 10.0. The number of hydrogen-bond acceptors (Lipinski definition) is 3. The molecule has 0 unspecified atom stereocenters. The van der Waals surface area contributed by atoms with E-state index < -0.39 is 0 Å². The minimum atomic E-state index is -0.0894. The lowest BCUT2D eigenvalue weighted by Gasteiger charge is -2.11. The summed E-state index contributed by atoms with van der Waals surface area (Å²) >= 11 is 0. The molecule has 0 aliphatic heterocycles. The Kier molecular flexibility index (Phi) is 5.08. The van der Waals surface area contributed by atoms with Crippen LogP contribution in [0.3, 0.4) is 0 Å². The van der Waals surface area contributed by atoms with Gasteiger partial charge in [0, 0.05) is 10.9 Å². The van der Waals surface area contributed by atoms with Crippen LogP contribution in [0.15, 0.2) is 47.1 Å². The van der Waals surface area contributed by atoms with Crippen molar-refractivity contribution in [2.24, 2.45) is 0 Å². The first-order chi connectivity index (χ1) is 12.1. The van der Waals surface area contributed by atoms with Gasteiger partial charge in [-0.1, -0.05) is 31.2 Å². The molecule has 0 saturated carbocycles. The zero-order valence-electron chi connectivity index (χ0n) is 14.9. The fourth-order valence-corrected chi connectivity index (χ4v) is 2.80. The molecule has 0 atom stereocenters. The molecular formula is C21H23NO3. The number of rotatable bonds is 6. The number of fused-ring (bicyclic) bond motifs is 1. The van der Waals surface area contributed by atoms with Crippen LogP contribution in [-0.2, 0) is 11.2 Å². The van der Waals surface area contributed by atoms with Gasteiger partial charge in [-0.15, -0.1) is 0 Å². The highest BCUT2D eigenvalue weighted by molar-refractivity contribution is 5.96. The van der Waals surface area contributed by atoms with E-state index in [1.54, 1.807) is 6.26 Å². The van der Waals surface area contributed by atoms with Gasteiger partial charge in [-0.2, -0.15) is 0 Å². The van der Waals surface area contributed by atoms with Crippen molar-refractivity contribution < 1.29 is 13.9 Å². The molecule has 3 aromatic rings. The van der Waals surface area contributed by atoms with Crippen molar-refractivity contribution in [1.82, 2.24) is 0 Å². The largest absolute Gasteiger partial charge is 0.491 e. The molecule has 0 saturated heterocycles. The normalized spacial score (nSPS) is 10.8. The molecular weight excluding hydrogens is 314 g/mol. The van der Waals surface area contributed by atoms with E-state index in [-0.39, 0.29) is 12.3 Å². The van der Waals surface area contributed by atoms with Gasteiger partial charge in [0.05, 0.1) is 25.0 Å². The van der Waals surface area contributed by atoms with E-state index in [1.165, 1.54) is 5.56 Å². The number of ether oxygens (including phenoxy) is 1. The second-order valence-corrected chi connectivity index (χ2v) is 6.21. The number of anilines is 1. The fraction of sp³-hybridized carbons (Fsp3) is 0.286. The first-order valence-electron chi connectivity index (χ1n) is 8.58. The molecule has 0 bridgehead atoms. The summed E-state index contributed by atoms with van der Waals surface area (Å²) in [6.07, 6.45) is 2.86. The van der Waals surface area contributed by atoms with Crippen LogP contribution in [0.2, 0.25) is 0 Å². The number of carbonyl (C=O) groups excluding carboxylic acids is 1. The first-order valence-corrected chi connectivity index (χ1v) is 8.58. The third-order valence-electron chi connectivity index (χ3n) is 4.32. The lowest BCUT2D eigenvalue weighted by Crippen LogP contribution is -2.15. The van der Waals surface area contributed by atoms with E-state index in [0.29, 0.717) is 18.0 Å². The number of hydrogen-bond donors (Lipinski definition) is 1. The number of nitrogens with one attached hydrogen (secondary N) is 1. The van der Waals surface area contributed by atoms with Crippen LogP contribution in [0.1, 0.15) is 30.0 Å². The quantitative estimate of drug-likeness (QED) is 0.687. The summed E-state index contributed by atoms with van der Waals surface area (Å²) in [7, 11) is 0. The van der Waals surface area contributed by atoms with Crippen LogP contribution in [0.5, 0.6) is 5.75 Å². The van der Waals surface area contributed by atoms with Crippen LogP contribution >= 0.6 is 0 Å². The maximum absolute atomic E-state index is 12.5. The third-order valence-corrected chi connectivity index (χ3v) is 4.32. The predicted octanol–water partition coefficient (Wildman–Crippen LogP) is 5.02. The number of carbonyl (C=O) groups is 1. The minimum absolute atomic E-state index is 0.0894. The van der Waals surface area contributed by atoms with Crippen LogP contribution in [0.25, 0.3) is 11.0 Å². The van der Waals surface area contributed by atoms with Crippen molar-refractivity contribution in [3.8, 4) is 5.75 Å². The summed E-state index contributed by atoms with van der Waals surface area (Å²) in [6, 6.07) is 11.6. The molecule has 1 N–H and O–H groups in total. The monoisotopic (exact) mass is 337 g/mol. The molecule has 25 heavy (non-hydrogen) atoms. The molecule has 0 fully saturated rings. The second-order valence-electron chi connectivity index (χ2n) is 6.21. The highest BCUT2D eigenvalue weighted by Crippen LogP contribution is 2.28. The van der Waals surface area contributed by atoms with E-state index in [4.69, 9.17) is 9.15 Å². The topological polar surface area (TPSA) is 51.5 Å². The maximum Gasteiger partial charge on any atom is 0.229 e. The second kappa shape index (κ2) is 7.43. The zero-order chi connectivity index (χ0) is 17.8. The molecule has 0 spiro atoms. The summed E-state index contributed by atoms with van der Waals surface area (Å²) < 4.78 is 11.4. The number of furan rings is 1. The summed E-state index contributed by atoms with van der Waals surface area (Å²) in [5.74, 6) is 0.606. The molecule has 1 amide bonds. The Balaban J connectivity index is 1.77. The highest BCUT2D eigenvalue weighted by Gasteiger charge is 2.14.